The molecule has 2 heteroatoms. The smallest absolute Gasteiger partial charge is 0.0233 e. The van der Waals surface area contributed by atoms with Crippen LogP contribution in [0, 0.1) is 0 Å². The topological polar surface area (TPSA) is 15.3 Å². The number of hydrogen-bond donors (Lipinski definition) is 1. The molecule has 106 valence electrons. The standard InChI is InChI=1S/C17H28N2/c1-6-11-19(5)13-16-7-9-17(10-8-16)15(4)12-18-14(2)3/h6-10,14-15,18H,1,11-13H2,2-5H3. The van der Waals surface area contributed by atoms with Crippen LogP contribution in [0.15, 0.2) is 36.9 Å². The minimum Gasteiger partial charge on any atom is -0.314 e. The molecule has 1 rings (SSSR count). The van der Waals surface area contributed by atoms with Crippen LogP contribution in [0.3, 0.4) is 0 Å². The Morgan fingerprint density at radius 2 is 1.84 bits per heavy atom. The van der Waals surface area contributed by atoms with Gasteiger partial charge in [-0.15, -0.1) is 6.58 Å². The fraction of sp³-hybridized carbons (Fsp3) is 0.529. The molecular formula is C17H28N2. The monoisotopic (exact) mass is 260 g/mol. The SMILES string of the molecule is C=CCN(C)Cc1ccc(C(C)CNC(C)C)cc1. The van der Waals surface area contributed by atoms with Gasteiger partial charge in [0.25, 0.3) is 0 Å². The normalized spacial score (nSPS) is 12.9. The summed E-state index contributed by atoms with van der Waals surface area (Å²) in [4.78, 5) is 2.26. The molecule has 0 aliphatic carbocycles. The first-order valence-corrected chi connectivity index (χ1v) is 7.14. The molecule has 0 radical (unpaired) electrons. The summed E-state index contributed by atoms with van der Waals surface area (Å²) in [6, 6.07) is 9.53. The zero-order valence-electron chi connectivity index (χ0n) is 12.8. The van der Waals surface area contributed by atoms with E-state index in [1.165, 1.54) is 11.1 Å². The summed E-state index contributed by atoms with van der Waals surface area (Å²) in [6.45, 7) is 13.3. The van der Waals surface area contributed by atoms with Crippen molar-refractivity contribution in [3.8, 4) is 0 Å². The molecule has 0 heterocycles. The molecule has 0 saturated heterocycles. The number of nitrogens with one attached hydrogen (secondary N) is 1. The molecule has 1 atom stereocenters. The molecule has 2 nitrogen and oxygen atoms in total. The molecule has 0 fully saturated rings. The van der Waals surface area contributed by atoms with Gasteiger partial charge in [0.1, 0.15) is 0 Å². The van der Waals surface area contributed by atoms with Crippen molar-refractivity contribution in [3.05, 3.63) is 48.0 Å². The third-order valence-corrected chi connectivity index (χ3v) is 3.27. The average molecular weight is 260 g/mol. The first-order chi connectivity index (χ1) is 9.02. The van der Waals surface area contributed by atoms with Crippen molar-refractivity contribution in [3.63, 3.8) is 0 Å². The van der Waals surface area contributed by atoms with Gasteiger partial charge in [-0.1, -0.05) is 51.1 Å². The third kappa shape index (κ3) is 6.04. The molecule has 0 aromatic heterocycles. The molecule has 1 aromatic rings. The molecular weight excluding hydrogens is 232 g/mol. The second-order valence-electron chi connectivity index (χ2n) is 5.69. The van der Waals surface area contributed by atoms with Crippen LogP contribution >= 0.6 is 0 Å². The molecule has 0 aliphatic rings. The van der Waals surface area contributed by atoms with Crippen LogP contribution in [0.5, 0.6) is 0 Å². The van der Waals surface area contributed by atoms with Gasteiger partial charge in [0.05, 0.1) is 0 Å². The Morgan fingerprint density at radius 3 is 2.37 bits per heavy atom. The number of likely N-dealkylation sites (N-methyl/N-ethyl adjacent to an activating group) is 1. The number of hydrogen-bond acceptors (Lipinski definition) is 2. The van der Waals surface area contributed by atoms with Crippen LogP contribution in [0.4, 0.5) is 0 Å². The van der Waals surface area contributed by atoms with Gasteiger partial charge in [0.2, 0.25) is 0 Å². The third-order valence-electron chi connectivity index (χ3n) is 3.27. The number of benzene rings is 1. The Hall–Kier alpha value is -1.12. The summed E-state index contributed by atoms with van der Waals surface area (Å²) >= 11 is 0. The Bertz CT molecular complexity index is 367. The minimum atomic E-state index is 0.550. The summed E-state index contributed by atoms with van der Waals surface area (Å²) < 4.78 is 0. The second-order valence-corrected chi connectivity index (χ2v) is 5.69. The number of rotatable bonds is 8. The van der Waals surface area contributed by atoms with Crippen LogP contribution in [0.25, 0.3) is 0 Å². The fourth-order valence-electron chi connectivity index (χ4n) is 2.08. The van der Waals surface area contributed by atoms with Crippen molar-refractivity contribution in [2.24, 2.45) is 0 Å². The maximum Gasteiger partial charge on any atom is 0.0233 e. The summed E-state index contributed by atoms with van der Waals surface area (Å²) in [5.41, 5.74) is 2.76. The van der Waals surface area contributed by atoms with Crippen molar-refractivity contribution in [1.82, 2.24) is 10.2 Å². The van der Waals surface area contributed by atoms with Crippen molar-refractivity contribution >= 4 is 0 Å². The van der Waals surface area contributed by atoms with E-state index in [-0.39, 0.29) is 0 Å². The molecule has 0 aliphatic heterocycles. The lowest BCUT2D eigenvalue weighted by molar-refractivity contribution is 0.363. The van der Waals surface area contributed by atoms with Gasteiger partial charge in [0.15, 0.2) is 0 Å². The lowest BCUT2D eigenvalue weighted by Gasteiger charge is -2.17. The zero-order valence-corrected chi connectivity index (χ0v) is 12.8. The van der Waals surface area contributed by atoms with E-state index >= 15 is 0 Å². The van der Waals surface area contributed by atoms with Gasteiger partial charge < -0.3 is 5.32 Å². The van der Waals surface area contributed by atoms with E-state index in [2.05, 4.69) is 68.9 Å². The molecule has 0 saturated carbocycles. The lowest BCUT2D eigenvalue weighted by atomic mass is 9.99. The molecule has 0 spiro atoms. The highest BCUT2D eigenvalue weighted by atomic mass is 15.1. The highest BCUT2D eigenvalue weighted by Gasteiger charge is 2.06. The maximum atomic E-state index is 3.77. The Balaban J connectivity index is 2.53. The second kappa shape index (κ2) is 8.13. The molecule has 1 aromatic carbocycles. The minimum absolute atomic E-state index is 0.550. The van der Waals surface area contributed by atoms with E-state index in [1.807, 2.05) is 6.08 Å². The van der Waals surface area contributed by atoms with Crippen molar-refractivity contribution in [1.29, 1.82) is 0 Å². The van der Waals surface area contributed by atoms with E-state index in [9.17, 15) is 0 Å². The Labute approximate surface area is 118 Å². The Morgan fingerprint density at radius 1 is 1.21 bits per heavy atom. The van der Waals surface area contributed by atoms with Crippen molar-refractivity contribution in [2.75, 3.05) is 20.1 Å². The van der Waals surface area contributed by atoms with Gasteiger partial charge in [-0.3, -0.25) is 4.90 Å². The van der Waals surface area contributed by atoms with E-state index in [0.717, 1.165) is 19.6 Å². The summed E-state index contributed by atoms with van der Waals surface area (Å²) in [6.07, 6.45) is 1.94. The predicted molar refractivity (Wildman–Crippen MR) is 84.5 cm³/mol. The van der Waals surface area contributed by atoms with Crippen LogP contribution < -0.4 is 5.32 Å². The van der Waals surface area contributed by atoms with Crippen LogP contribution in [-0.4, -0.2) is 31.1 Å². The van der Waals surface area contributed by atoms with E-state index in [1.54, 1.807) is 0 Å². The average Bonchev–Trinajstić information content (AvgIpc) is 2.37. The van der Waals surface area contributed by atoms with Gasteiger partial charge in [-0.2, -0.15) is 0 Å². The molecule has 1 N–H and O–H groups in total. The van der Waals surface area contributed by atoms with Crippen LogP contribution in [0.1, 0.15) is 37.8 Å². The molecule has 19 heavy (non-hydrogen) atoms. The van der Waals surface area contributed by atoms with Gasteiger partial charge in [-0.25, -0.2) is 0 Å². The molecule has 1 unspecified atom stereocenters. The first kappa shape index (κ1) is 15.9. The van der Waals surface area contributed by atoms with Crippen LogP contribution in [0.2, 0.25) is 0 Å². The quantitative estimate of drug-likeness (QED) is 0.721. The van der Waals surface area contributed by atoms with E-state index in [4.69, 9.17) is 0 Å². The molecule has 0 bridgehead atoms. The largest absolute Gasteiger partial charge is 0.314 e. The summed E-state index contributed by atoms with van der Waals surface area (Å²) in [7, 11) is 2.12. The van der Waals surface area contributed by atoms with Crippen LogP contribution in [-0.2, 0) is 6.54 Å². The fourth-order valence-corrected chi connectivity index (χ4v) is 2.08. The van der Waals surface area contributed by atoms with E-state index < -0.39 is 0 Å². The van der Waals surface area contributed by atoms with Crippen molar-refractivity contribution in [2.45, 2.75) is 39.3 Å². The highest BCUT2D eigenvalue weighted by Crippen LogP contribution is 2.16. The summed E-state index contributed by atoms with van der Waals surface area (Å²) in [5, 5.41) is 3.49. The van der Waals surface area contributed by atoms with E-state index in [0.29, 0.717) is 12.0 Å². The van der Waals surface area contributed by atoms with Gasteiger partial charge in [-0.05, 0) is 24.1 Å². The number of nitrogens with zero attached hydrogens (tertiary/aromatic N) is 1. The maximum absolute atomic E-state index is 3.77. The van der Waals surface area contributed by atoms with Gasteiger partial charge in [0, 0.05) is 25.7 Å². The zero-order chi connectivity index (χ0) is 14.3. The molecule has 0 amide bonds. The Kier molecular flexibility index (Phi) is 6.82. The first-order valence-electron chi connectivity index (χ1n) is 7.14. The predicted octanol–water partition coefficient (Wildman–Crippen LogP) is 3.41. The summed E-state index contributed by atoms with van der Waals surface area (Å²) in [5.74, 6) is 0.558. The highest BCUT2D eigenvalue weighted by molar-refractivity contribution is 5.25. The van der Waals surface area contributed by atoms with Gasteiger partial charge >= 0.3 is 0 Å². The van der Waals surface area contributed by atoms with Crippen molar-refractivity contribution < 1.29 is 0 Å². The lowest BCUT2D eigenvalue weighted by Crippen LogP contribution is -2.27.